The van der Waals surface area contributed by atoms with Crippen LogP contribution in [0.3, 0.4) is 0 Å². The zero-order valence-corrected chi connectivity index (χ0v) is 12.2. The van der Waals surface area contributed by atoms with Gasteiger partial charge in [0.1, 0.15) is 0 Å². The Labute approximate surface area is 111 Å². The first-order valence-electron chi connectivity index (χ1n) is 7.17. The summed E-state index contributed by atoms with van der Waals surface area (Å²) in [5.74, 6) is 0.649. The van der Waals surface area contributed by atoms with Crippen LogP contribution < -0.4 is 0 Å². The number of aliphatic hydroxyl groups is 1. The van der Waals surface area contributed by atoms with E-state index in [0.29, 0.717) is 5.92 Å². The molecule has 0 radical (unpaired) electrons. The van der Waals surface area contributed by atoms with Crippen LogP contribution in [-0.4, -0.2) is 11.2 Å². The SMILES string of the molecule is Cc1ccc(C(C)(C)C)cc1C1CCC(O)CC1. The molecular formula is C17H26O. The molecule has 0 unspecified atom stereocenters. The van der Waals surface area contributed by atoms with E-state index in [-0.39, 0.29) is 11.5 Å². The van der Waals surface area contributed by atoms with Gasteiger partial charge in [-0.25, -0.2) is 0 Å². The Hall–Kier alpha value is -0.820. The van der Waals surface area contributed by atoms with Crippen molar-refractivity contribution in [2.24, 2.45) is 0 Å². The van der Waals surface area contributed by atoms with Crippen molar-refractivity contribution in [2.75, 3.05) is 0 Å². The van der Waals surface area contributed by atoms with E-state index < -0.39 is 0 Å². The molecule has 1 aliphatic carbocycles. The molecule has 1 nitrogen and oxygen atoms in total. The van der Waals surface area contributed by atoms with Gasteiger partial charge in [-0.15, -0.1) is 0 Å². The third kappa shape index (κ3) is 2.95. The second-order valence-electron chi connectivity index (χ2n) is 6.83. The van der Waals surface area contributed by atoms with Crippen molar-refractivity contribution >= 4 is 0 Å². The molecule has 1 aromatic rings. The molecule has 0 atom stereocenters. The molecule has 0 aliphatic heterocycles. The summed E-state index contributed by atoms with van der Waals surface area (Å²) < 4.78 is 0. The predicted octanol–water partition coefficient (Wildman–Crippen LogP) is 4.31. The Morgan fingerprint density at radius 2 is 1.67 bits per heavy atom. The first-order chi connectivity index (χ1) is 8.38. The molecule has 1 aliphatic rings. The van der Waals surface area contributed by atoms with Gasteiger partial charge in [-0.2, -0.15) is 0 Å². The fourth-order valence-corrected chi connectivity index (χ4v) is 2.93. The topological polar surface area (TPSA) is 20.2 Å². The average molecular weight is 246 g/mol. The quantitative estimate of drug-likeness (QED) is 0.783. The number of aliphatic hydroxyl groups excluding tert-OH is 1. The van der Waals surface area contributed by atoms with Crippen LogP contribution in [0.25, 0.3) is 0 Å². The highest BCUT2D eigenvalue weighted by Gasteiger charge is 2.23. The first-order valence-corrected chi connectivity index (χ1v) is 7.17. The minimum Gasteiger partial charge on any atom is -0.393 e. The molecule has 1 saturated carbocycles. The lowest BCUT2D eigenvalue weighted by molar-refractivity contribution is 0.122. The monoisotopic (exact) mass is 246 g/mol. The molecule has 0 bridgehead atoms. The largest absolute Gasteiger partial charge is 0.393 e. The Bertz CT molecular complexity index is 406. The minimum atomic E-state index is -0.0626. The number of hydrogen-bond acceptors (Lipinski definition) is 1. The van der Waals surface area contributed by atoms with Crippen molar-refractivity contribution in [1.29, 1.82) is 0 Å². The van der Waals surface area contributed by atoms with Gasteiger partial charge in [0.2, 0.25) is 0 Å². The molecule has 1 aromatic carbocycles. The van der Waals surface area contributed by atoms with E-state index >= 15 is 0 Å². The van der Waals surface area contributed by atoms with Crippen molar-refractivity contribution < 1.29 is 5.11 Å². The summed E-state index contributed by atoms with van der Waals surface area (Å²) >= 11 is 0. The molecule has 18 heavy (non-hydrogen) atoms. The molecule has 1 N–H and O–H groups in total. The molecule has 1 heteroatoms. The van der Waals surface area contributed by atoms with Gasteiger partial charge in [-0.1, -0.05) is 39.0 Å². The highest BCUT2D eigenvalue weighted by atomic mass is 16.3. The summed E-state index contributed by atoms with van der Waals surface area (Å²) in [7, 11) is 0. The number of rotatable bonds is 1. The van der Waals surface area contributed by atoms with Gasteiger partial charge in [0, 0.05) is 0 Å². The molecule has 0 saturated heterocycles. The maximum absolute atomic E-state index is 9.63. The van der Waals surface area contributed by atoms with Crippen LogP contribution in [0.1, 0.15) is 69.1 Å². The number of aryl methyl sites for hydroxylation is 1. The molecule has 0 amide bonds. The summed E-state index contributed by atoms with van der Waals surface area (Å²) in [5, 5.41) is 9.63. The van der Waals surface area contributed by atoms with Crippen LogP contribution in [0, 0.1) is 6.92 Å². The predicted molar refractivity (Wildman–Crippen MR) is 77.1 cm³/mol. The molecule has 100 valence electrons. The van der Waals surface area contributed by atoms with Gasteiger partial charge in [-0.3, -0.25) is 0 Å². The number of benzene rings is 1. The molecule has 1 fully saturated rings. The molecule has 0 spiro atoms. The number of hydrogen-bond donors (Lipinski definition) is 1. The van der Waals surface area contributed by atoms with E-state index in [0.717, 1.165) is 25.7 Å². The van der Waals surface area contributed by atoms with Crippen LogP contribution in [0.4, 0.5) is 0 Å². The van der Waals surface area contributed by atoms with E-state index in [9.17, 15) is 5.11 Å². The van der Waals surface area contributed by atoms with Gasteiger partial charge in [0.25, 0.3) is 0 Å². The normalized spacial score (nSPS) is 25.2. The summed E-state index contributed by atoms with van der Waals surface area (Å²) in [6, 6.07) is 6.93. The van der Waals surface area contributed by atoms with Gasteiger partial charge >= 0.3 is 0 Å². The zero-order valence-electron chi connectivity index (χ0n) is 12.2. The smallest absolute Gasteiger partial charge is 0.0540 e. The van der Waals surface area contributed by atoms with Gasteiger partial charge in [0.15, 0.2) is 0 Å². The molecule has 0 heterocycles. The Balaban J connectivity index is 2.27. The van der Waals surface area contributed by atoms with E-state index in [1.807, 2.05) is 0 Å². The van der Waals surface area contributed by atoms with Crippen LogP contribution in [-0.2, 0) is 5.41 Å². The van der Waals surface area contributed by atoms with E-state index in [4.69, 9.17) is 0 Å². The Morgan fingerprint density at radius 3 is 2.22 bits per heavy atom. The first kappa shape index (κ1) is 13.6. The zero-order chi connectivity index (χ0) is 13.3. The van der Waals surface area contributed by atoms with Crippen molar-refractivity contribution in [3.05, 3.63) is 34.9 Å². The van der Waals surface area contributed by atoms with Crippen LogP contribution >= 0.6 is 0 Å². The average Bonchev–Trinajstić information content (AvgIpc) is 2.29. The van der Waals surface area contributed by atoms with Crippen LogP contribution in [0.2, 0.25) is 0 Å². The second kappa shape index (κ2) is 5.05. The van der Waals surface area contributed by atoms with E-state index in [1.165, 1.54) is 16.7 Å². The third-order valence-corrected chi connectivity index (χ3v) is 4.28. The van der Waals surface area contributed by atoms with Crippen molar-refractivity contribution in [3.63, 3.8) is 0 Å². The molecule has 0 aromatic heterocycles. The van der Waals surface area contributed by atoms with Crippen molar-refractivity contribution in [2.45, 2.75) is 70.8 Å². The van der Waals surface area contributed by atoms with E-state index in [2.05, 4.69) is 45.9 Å². The van der Waals surface area contributed by atoms with Gasteiger partial charge < -0.3 is 5.11 Å². The van der Waals surface area contributed by atoms with Crippen LogP contribution in [0.5, 0.6) is 0 Å². The minimum absolute atomic E-state index is 0.0626. The fourth-order valence-electron chi connectivity index (χ4n) is 2.93. The van der Waals surface area contributed by atoms with Crippen LogP contribution in [0.15, 0.2) is 18.2 Å². The highest BCUT2D eigenvalue weighted by molar-refractivity contribution is 5.37. The maximum atomic E-state index is 9.63. The fraction of sp³-hybridized carbons (Fsp3) is 0.647. The Morgan fingerprint density at radius 1 is 1.06 bits per heavy atom. The standard InChI is InChI=1S/C17H26O/c1-12-5-8-14(17(2,3)4)11-16(12)13-6-9-15(18)10-7-13/h5,8,11,13,15,18H,6-7,9-10H2,1-4H3. The summed E-state index contributed by atoms with van der Waals surface area (Å²) in [4.78, 5) is 0. The third-order valence-electron chi connectivity index (χ3n) is 4.28. The van der Waals surface area contributed by atoms with Crippen molar-refractivity contribution in [1.82, 2.24) is 0 Å². The molecular weight excluding hydrogens is 220 g/mol. The summed E-state index contributed by atoms with van der Waals surface area (Å²) in [6.45, 7) is 9.02. The highest BCUT2D eigenvalue weighted by Crippen LogP contribution is 2.36. The van der Waals surface area contributed by atoms with Gasteiger partial charge in [0.05, 0.1) is 6.10 Å². The lowest BCUT2D eigenvalue weighted by Crippen LogP contribution is -2.18. The Kier molecular flexibility index (Phi) is 3.82. The molecule has 2 rings (SSSR count). The second-order valence-corrected chi connectivity index (χ2v) is 6.83. The van der Waals surface area contributed by atoms with E-state index in [1.54, 1.807) is 0 Å². The lowest BCUT2D eigenvalue weighted by atomic mass is 9.78. The van der Waals surface area contributed by atoms with Crippen molar-refractivity contribution in [3.8, 4) is 0 Å². The maximum Gasteiger partial charge on any atom is 0.0540 e. The summed E-state index contributed by atoms with van der Waals surface area (Å²) in [6.07, 6.45) is 4.13. The summed E-state index contributed by atoms with van der Waals surface area (Å²) in [5.41, 5.74) is 4.56. The van der Waals surface area contributed by atoms with Gasteiger partial charge in [-0.05, 0) is 60.6 Å². The lowest BCUT2D eigenvalue weighted by Gasteiger charge is -2.29.